The summed E-state index contributed by atoms with van der Waals surface area (Å²) in [4.78, 5) is 0. The van der Waals surface area contributed by atoms with Crippen LogP contribution in [0.4, 0.5) is 5.69 Å². The molecule has 0 aliphatic heterocycles. The summed E-state index contributed by atoms with van der Waals surface area (Å²) in [6.45, 7) is 6.53. The zero-order valence-corrected chi connectivity index (χ0v) is 10.1. The maximum absolute atomic E-state index is 6.08. The summed E-state index contributed by atoms with van der Waals surface area (Å²) in [6.07, 6.45) is 0.999. The fourth-order valence-electron chi connectivity index (χ4n) is 1.39. The third-order valence-corrected chi connectivity index (χ3v) is 2.51. The van der Waals surface area contributed by atoms with Crippen molar-refractivity contribution in [2.45, 2.75) is 20.3 Å². The van der Waals surface area contributed by atoms with E-state index >= 15 is 0 Å². The maximum atomic E-state index is 6.08. The van der Waals surface area contributed by atoms with E-state index in [-0.39, 0.29) is 0 Å². The summed E-state index contributed by atoms with van der Waals surface area (Å²) in [5.41, 5.74) is 2.22. The van der Waals surface area contributed by atoms with Crippen LogP contribution in [-0.4, -0.2) is 19.8 Å². The van der Waals surface area contributed by atoms with Crippen molar-refractivity contribution < 1.29 is 4.74 Å². The molecule has 1 aromatic rings. The van der Waals surface area contributed by atoms with Crippen LogP contribution in [0.5, 0.6) is 0 Å². The monoisotopic (exact) mass is 227 g/mol. The fraction of sp³-hybridized carbons (Fsp3) is 0.500. The van der Waals surface area contributed by atoms with Gasteiger partial charge in [-0.1, -0.05) is 23.7 Å². The van der Waals surface area contributed by atoms with Crippen LogP contribution >= 0.6 is 11.6 Å². The van der Waals surface area contributed by atoms with Gasteiger partial charge >= 0.3 is 0 Å². The van der Waals surface area contributed by atoms with E-state index in [2.05, 4.69) is 18.3 Å². The van der Waals surface area contributed by atoms with Gasteiger partial charge in [-0.15, -0.1) is 0 Å². The molecule has 0 aromatic heterocycles. The standard InChI is InChI=1S/C12H18ClNO/c1-3-15-9-5-8-14-12-10(2)6-4-7-11(12)13/h4,6-7,14H,3,5,8-9H2,1-2H3. The summed E-state index contributed by atoms with van der Waals surface area (Å²) >= 11 is 6.08. The Hall–Kier alpha value is -0.730. The van der Waals surface area contributed by atoms with Crippen LogP contribution in [0.15, 0.2) is 18.2 Å². The van der Waals surface area contributed by atoms with Crippen molar-refractivity contribution in [2.75, 3.05) is 25.1 Å². The molecule has 0 fully saturated rings. The van der Waals surface area contributed by atoms with Gasteiger partial charge in [-0.2, -0.15) is 0 Å². The molecule has 0 radical (unpaired) electrons. The lowest BCUT2D eigenvalue weighted by atomic mass is 10.2. The number of anilines is 1. The lowest BCUT2D eigenvalue weighted by Gasteiger charge is -2.11. The molecule has 15 heavy (non-hydrogen) atoms. The van der Waals surface area contributed by atoms with Gasteiger partial charge in [-0.3, -0.25) is 0 Å². The molecule has 0 amide bonds. The highest BCUT2D eigenvalue weighted by atomic mass is 35.5. The summed E-state index contributed by atoms with van der Waals surface area (Å²) < 4.78 is 5.26. The van der Waals surface area contributed by atoms with E-state index < -0.39 is 0 Å². The summed E-state index contributed by atoms with van der Waals surface area (Å²) in [5.74, 6) is 0. The minimum atomic E-state index is 0.783. The van der Waals surface area contributed by atoms with Crippen molar-refractivity contribution in [3.63, 3.8) is 0 Å². The second-order valence-electron chi connectivity index (χ2n) is 3.41. The first kappa shape index (κ1) is 12.3. The number of hydrogen-bond acceptors (Lipinski definition) is 2. The van der Waals surface area contributed by atoms with Crippen molar-refractivity contribution in [1.82, 2.24) is 0 Å². The minimum Gasteiger partial charge on any atom is -0.384 e. The summed E-state index contributed by atoms with van der Waals surface area (Å²) in [7, 11) is 0. The average molecular weight is 228 g/mol. The number of ether oxygens (including phenoxy) is 1. The van der Waals surface area contributed by atoms with E-state index in [1.165, 1.54) is 5.56 Å². The van der Waals surface area contributed by atoms with Crippen LogP contribution < -0.4 is 5.32 Å². The largest absolute Gasteiger partial charge is 0.384 e. The van der Waals surface area contributed by atoms with Crippen molar-refractivity contribution >= 4 is 17.3 Å². The molecular formula is C12H18ClNO. The minimum absolute atomic E-state index is 0.783. The molecule has 1 aromatic carbocycles. The van der Waals surface area contributed by atoms with Gasteiger partial charge in [0.25, 0.3) is 0 Å². The molecule has 0 unspecified atom stereocenters. The fourth-order valence-corrected chi connectivity index (χ4v) is 1.68. The zero-order chi connectivity index (χ0) is 11.1. The van der Waals surface area contributed by atoms with Gasteiger partial charge in [0.05, 0.1) is 10.7 Å². The van der Waals surface area contributed by atoms with Gasteiger partial charge in [-0.25, -0.2) is 0 Å². The van der Waals surface area contributed by atoms with Crippen LogP contribution in [0, 0.1) is 6.92 Å². The van der Waals surface area contributed by atoms with Gasteiger partial charge < -0.3 is 10.1 Å². The molecule has 0 bridgehead atoms. The van der Waals surface area contributed by atoms with Crippen molar-refractivity contribution in [1.29, 1.82) is 0 Å². The Kier molecular flexibility index (Phi) is 5.51. The highest BCUT2D eigenvalue weighted by Crippen LogP contribution is 2.24. The third-order valence-electron chi connectivity index (χ3n) is 2.19. The number of hydrogen-bond donors (Lipinski definition) is 1. The Morgan fingerprint density at radius 1 is 1.40 bits per heavy atom. The summed E-state index contributed by atoms with van der Waals surface area (Å²) in [5, 5.41) is 4.11. The van der Waals surface area contributed by atoms with E-state index in [0.717, 1.165) is 36.9 Å². The number of rotatable bonds is 6. The molecule has 0 saturated heterocycles. The lowest BCUT2D eigenvalue weighted by Crippen LogP contribution is -2.07. The first-order valence-corrected chi connectivity index (χ1v) is 5.70. The van der Waals surface area contributed by atoms with Crippen LogP contribution in [0.3, 0.4) is 0 Å². The molecule has 3 heteroatoms. The first-order chi connectivity index (χ1) is 7.25. The van der Waals surface area contributed by atoms with Crippen molar-refractivity contribution in [3.8, 4) is 0 Å². The summed E-state index contributed by atoms with van der Waals surface area (Å²) in [6, 6.07) is 5.92. The molecule has 84 valence electrons. The Bertz CT molecular complexity index is 281. The van der Waals surface area contributed by atoms with E-state index in [4.69, 9.17) is 16.3 Å². The molecule has 0 aliphatic carbocycles. The normalized spacial score (nSPS) is 10.3. The second-order valence-corrected chi connectivity index (χ2v) is 3.82. The molecule has 2 nitrogen and oxygen atoms in total. The Morgan fingerprint density at radius 3 is 2.87 bits per heavy atom. The van der Waals surface area contributed by atoms with E-state index in [1.807, 2.05) is 19.1 Å². The zero-order valence-electron chi connectivity index (χ0n) is 9.35. The smallest absolute Gasteiger partial charge is 0.0640 e. The van der Waals surface area contributed by atoms with Gasteiger partial charge in [0.1, 0.15) is 0 Å². The van der Waals surface area contributed by atoms with Gasteiger partial charge in [0.15, 0.2) is 0 Å². The first-order valence-electron chi connectivity index (χ1n) is 5.32. The SMILES string of the molecule is CCOCCCNc1c(C)cccc1Cl. The van der Waals surface area contributed by atoms with Crippen LogP contribution in [0.2, 0.25) is 5.02 Å². The highest BCUT2D eigenvalue weighted by molar-refractivity contribution is 6.33. The number of halogens is 1. The van der Waals surface area contributed by atoms with Gasteiger partial charge in [0.2, 0.25) is 0 Å². The molecule has 0 aliphatic rings. The van der Waals surface area contributed by atoms with E-state index in [1.54, 1.807) is 0 Å². The van der Waals surface area contributed by atoms with Crippen LogP contribution in [0.25, 0.3) is 0 Å². The van der Waals surface area contributed by atoms with E-state index in [9.17, 15) is 0 Å². The average Bonchev–Trinajstić information content (AvgIpc) is 2.21. The molecular weight excluding hydrogens is 210 g/mol. The van der Waals surface area contributed by atoms with Crippen molar-refractivity contribution in [3.05, 3.63) is 28.8 Å². The predicted octanol–water partition coefficient (Wildman–Crippen LogP) is 3.49. The lowest BCUT2D eigenvalue weighted by molar-refractivity contribution is 0.147. The molecule has 1 rings (SSSR count). The Labute approximate surface area is 96.6 Å². The highest BCUT2D eigenvalue weighted by Gasteiger charge is 2.01. The predicted molar refractivity (Wildman–Crippen MR) is 65.8 cm³/mol. The van der Waals surface area contributed by atoms with E-state index in [0.29, 0.717) is 0 Å². The van der Waals surface area contributed by atoms with Crippen molar-refractivity contribution in [2.24, 2.45) is 0 Å². The van der Waals surface area contributed by atoms with Crippen LogP contribution in [0.1, 0.15) is 18.9 Å². The second kappa shape index (κ2) is 6.70. The van der Waals surface area contributed by atoms with Gasteiger partial charge in [0, 0.05) is 19.8 Å². The molecule has 1 N–H and O–H groups in total. The molecule has 0 atom stereocenters. The van der Waals surface area contributed by atoms with Crippen LogP contribution in [-0.2, 0) is 4.74 Å². The maximum Gasteiger partial charge on any atom is 0.0640 e. The Morgan fingerprint density at radius 2 is 2.20 bits per heavy atom. The molecule has 0 spiro atoms. The number of aryl methyl sites for hydroxylation is 1. The molecule has 0 saturated carbocycles. The topological polar surface area (TPSA) is 21.3 Å². The molecule has 0 heterocycles. The number of nitrogens with one attached hydrogen (secondary N) is 1. The number of para-hydroxylation sites is 1. The quantitative estimate of drug-likeness (QED) is 0.752. The number of benzene rings is 1. The Balaban J connectivity index is 2.37. The van der Waals surface area contributed by atoms with Gasteiger partial charge in [-0.05, 0) is 31.9 Å². The third kappa shape index (κ3) is 4.10.